The zero-order chi connectivity index (χ0) is 14.1. The molecule has 19 heavy (non-hydrogen) atoms. The van der Waals surface area contributed by atoms with Crippen LogP contribution < -0.4 is 0 Å². The first kappa shape index (κ1) is 17.3. The Morgan fingerprint density at radius 1 is 1.21 bits per heavy atom. The molecule has 0 radical (unpaired) electrons. The molecule has 0 bridgehead atoms. The van der Waals surface area contributed by atoms with Gasteiger partial charge in [0.2, 0.25) is 10.2 Å². The average Bonchev–Trinajstić information content (AvgIpc) is 2.88. The average molecular weight is 335 g/mol. The van der Waals surface area contributed by atoms with Crippen LogP contribution in [-0.4, -0.2) is 37.3 Å². The van der Waals surface area contributed by atoms with Crippen LogP contribution in [0, 0.1) is 0 Å². The molecule has 0 spiro atoms. The lowest BCUT2D eigenvalue weighted by atomic mass is 10.4. The molecule has 2 atom stereocenters. The minimum Gasteiger partial charge on any atom is -0.282 e. The Morgan fingerprint density at radius 2 is 1.89 bits per heavy atom. The molecule has 2 unspecified atom stereocenters. The van der Waals surface area contributed by atoms with Gasteiger partial charge in [-0.05, 0) is 25.0 Å². The zero-order valence-corrected chi connectivity index (χ0v) is 14.0. The highest BCUT2D eigenvalue weighted by Gasteiger charge is 2.25. The highest BCUT2D eigenvalue weighted by molar-refractivity contribution is 8.21. The third kappa shape index (κ3) is 7.54. The number of thioether (sulfide) groups is 4. The van der Waals surface area contributed by atoms with E-state index < -0.39 is 0 Å². The molecule has 0 N–H and O–H groups in total. The fourth-order valence-corrected chi connectivity index (χ4v) is 6.53. The molecule has 2 nitrogen and oxygen atoms in total. The predicted octanol–water partition coefficient (Wildman–Crippen LogP) is 3.83. The molecule has 0 aromatic carbocycles. The van der Waals surface area contributed by atoms with Gasteiger partial charge in [-0.15, -0.1) is 23.5 Å². The van der Waals surface area contributed by atoms with Gasteiger partial charge in [0.05, 0.1) is 4.58 Å². The quantitative estimate of drug-likeness (QED) is 0.496. The lowest BCUT2D eigenvalue weighted by Crippen LogP contribution is -2.06. The van der Waals surface area contributed by atoms with Crippen molar-refractivity contribution < 1.29 is 9.59 Å². The monoisotopic (exact) mass is 334 g/mol. The van der Waals surface area contributed by atoms with Crippen molar-refractivity contribution in [3.05, 3.63) is 25.3 Å². The van der Waals surface area contributed by atoms with E-state index in [9.17, 15) is 9.59 Å². The van der Waals surface area contributed by atoms with Crippen molar-refractivity contribution in [2.24, 2.45) is 0 Å². The Labute approximate surface area is 132 Å². The molecule has 6 heteroatoms. The summed E-state index contributed by atoms with van der Waals surface area (Å²) >= 11 is 6.64. The maximum Gasteiger partial charge on any atom is 0.211 e. The van der Waals surface area contributed by atoms with Crippen molar-refractivity contribution in [3.8, 4) is 0 Å². The Bertz CT molecular complexity index is 344. The van der Waals surface area contributed by atoms with Crippen LogP contribution in [0.3, 0.4) is 0 Å². The predicted molar refractivity (Wildman–Crippen MR) is 92.2 cm³/mol. The van der Waals surface area contributed by atoms with Crippen LogP contribution >= 0.6 is 47.0 Å². The molecule has 106 valence electrons. The van der Waals surface area contributed by atoms with Gasteiger partial charge < -0.3 is 0 Å². The first-order valence-electron chi connectivity index (χ1n) is 6.01. The van der Waals surface area contributed by atoms with Gasteiger partial charge in [0.1, 0.15) is 0 Å². The van der Waals surface area contributed by atoms with E-state index in [4.69, 9.17) is 0 Å². The Balaban J connectivity index is 2.08. The summed E-state index contributed by atoms with van der Waals surface area (Å²) in [4.78, 5) is 22.2. The smallest absolute Gasteiger partial charge is 0.211 e. The standard InChI is InChI=1S/C13H18O2S4/c1-3-11(14)16-7-5-6-13-18-9-10(19-13)8-17-12(15)4-2/h3-4,10,13H,1-2,5-9H2. The summed E-state index contributed by atoms with van der Waals surface area (Å²) in [5.41, 5.74) is 0. The summed E-state index contributed by atoms with van der Waals surface area (Å²) < 4.78 is 0.615. The van der Waals surface area contributed by atoms with E-state index in [-0.39, 0.29) is 10.2 Å². The van der Waals surface area contributed by atoms with Gasteiger partial charge in [0.25, 0.3) is 0 Å². The molecule has 0 aromatic rings. The van der Waals surface area contributed by atoms with Crippen molar-refractivity contribution in [1.82, 2.24) is 0 Å². The lowest BCUT2D eigenvalue weighted by Gasteiger charge is -2.09. The maximum atomic E-state index is 11.1. The Morgan fingerprint density at radius 3 is 2.58 bits per heavy atom. The third-order valence-corrected chi connectivity index (χ3v) is 7.97. The third-order valence-electron chi connectivity index (χ3n) is 2.39. The molecule has 0 aliphatic carbocycles. The first-order valence-corrected chi connectivity index (χ1v) is 9.97. The molecular weight excluding hydrogens is 316 g/mol. The van der Waals surface area contributed by atoms with Crippen molar-refractivity contribution in [3.63, 3.8) is 0 Å². The number of rotatable bonds is 8. The minimum atomic E-state index is 0.0592. The topological polar surface area (TPSA) is 34.1 Å². The number of carbonyl (C=O) groups excluding carboxylic acids is 2. The van der Waals surface area contributed by atoms with Gasteiger partial charge in [-0.2, -0.15) is 0 Å². The van der Waals surface area contributed by atoms with Crippen LogP contribution in [-0.2, 0) is 9.59 Å². The van der Waals surface area contributed by atoms with Gasteiger partial charge >= 0.3 is 0 Å². The fraction of sp³-hybridized carbons (Fsp3) is 0.538. The van der Waals surface area contributed by atoms with Crippen molar-refractivity contribution in [2.75, 3.05) is 17.3 Å². The van der Waals surface area contributed by atoms with Crippen LogP contribution in [0.2, 0.25) is 0 Å². The minimum absolute atomic E-state index is 0.0592. The zero-order valence-electron chi connectivity index (χ0n) is 10.7. The molecule has 0 amide bonds. The summed E-state index contributed by atoms with van der Waals surface area (Å²) in [6.07, 6.45) is 4.93. The normalized spacial score (nSPS) is 22.1. The second-order valence-electron chi connectivity index (χ2n) is 3.87. The summed E-state index contributed by atoms with van der Waals surface area (Å²) in [6.45, 7) is 6.93. The highest BCUT2D eigenvalue weighted by atomic mass is 32.2. The van der Waals surface area contributed by atoms with E-state index >= 15 is 0 Å². The second-order valence-corrected chi connectivity index (χ2v) is 9.03. The van der Waals surface area contributed by atoms with Crippen molar-refractivity contribution in [1.29, 1.82) is 0 Å². The van der Waals surface area contributed by atoms with E-state index in [0.29, 0.717) is 9.83 Å². The van der Waals surface area contributed by atoms with Crippen LogP contribution in [0.4, 0.5) is 0 Å². The molecular formula is C13H18O2S4. The molecule has 1 heterocycles. The lowest BCUT2D eigenvalue weighted by molar-refractivity contribution is -0.107. The summed E-state index contributed by atoms with van der Waals surface area (Å²) in [6, 6.07) is 0. The number of carbonyl (C=O) groups is 2. The van der Waals surface area contributed by atoms with E-state index in [1.54, 1.807) is 0 Å². The van der Waals surface area contributed by atoms with Gasteiger partial charge in [-0.3, -0.25) is 9.59 Å². The van der Waals surface area contributed by atoms with Gasteiger partial charge in [0, 0.05) is 22.5 Å². The fourth-order valence-electron chi connectivity index (χ4n) is 1.46. The van der Waals surface area contributed by atoms with Crippen LogP contribution in [0.15, 0.2) is 25.3 Å². The molecule has 1 saturated heterocycles. The van der Waals surface area contributed by atoms with E-state index in [1.807, 2.05) is 23.5 Å². The van der Waals surface area contributed by atoms with Crippen molar-refractivity contribution in [2.45, 2.75) is 22.7 Å². The van der Waals surface area contributed by atoms with Crippen LogP contribution in [0.5, 0.6) is 0 Å². The summed E-state index contributed by atoms with van der Waals surface area (Å²) in [7, 11) is 0. The molecule has 1 aliphatic heterocycles. The van der Waals surface area contributed by atoms with E-state index in [2.05, 4.69) is 13.2 Å². The molecule has 0 aromatic heterocycles. The highest BCUT2D eigenvalue weighted by Crippen LogP contribution is 2.41. The number of hydrogen-bond acceptors (Lipinski definition) is 6. The van der Waals surface area contributed by atoms with Crippen LogP contribution in [0.1, 0.15) is 12.8 Å². The summed E-state index contributed by atoms with van der Waals surface area (Å²) in [5.74, 6) is 2.87. The van der Waals surface area contributed by atoms with Gasteiger partial charge in [-0.1, -0.05) is 36.7 Å². The molecule has 0 saturated carbocycles. The maximum absolute atomic E-state index is 11.1. The molecule has 1 rings (SSSR count). The van der Waals surface area contributed by atoms with E-state index in [0.717, 1.165) is 30.1 Å². The number of hydrogen-bond donors (Lipinski definition) is 0. The largest absolute Gasteiger partial charge is 0.282 e. The Hall–Kier alpha value is 0.220. The van der Waals surface area contributed by atoms with Gasteiger partial charge in [0.15, 0.2) is 0 Å². The summed E-state index contributed by atoms with van der Waals surface area (Å²) in [5, 5.41) is 0.684. The van der Waals surface area contributed by atoms with E-state index in [1.165, 1.54) is 35.7 Å². The Kier molecular flexibility index (Phi) is 9.11. The second kappa shape index (κ2) is 10.0. The van der Waals surface area contributed by atoms with Gasteiger partial charge in [-0.25, -0.2) is 0 Å². The van der Waals surface area contributed by atoms with Crippen molar-refractivity contribution >= 4 is 57.3 Å². The molecule has 1 aliphatic rings. The van der Waals surface area contributed by atoms with Crippen LogP contribution in [0.25, 0.3) is 0 Å². The SMILES string of the molecule is C=CC(=O)SCCCC1SCC(CSC(=O)C=C)S1. The first-order chi connectivity index (χ1) is 9.15. The molecule has 1 fully saturated rings.